The molecule has 0 aliphatic rings. The number of hydrogen-bond acceptors (Lipinski definition) is 5. The zero-order chi connectivity index (χ0) is 18.9. The van der Waals surface area contributed by atoms with Gasteiger partial charge in [0.1, 0.15) is 5.75 Å². The molecule has 2 aromatic rings. The Bertz CT molecular complexity index is 743. The molecule has 0 saturated carbocycles. The standard InChI is InChI=1S/C19H22Br2N2O3/c1-4-7-26-19-15(20)8-14(9-16(19)21)12-23-22-11-13-5-6-17(24-2)18(10-13)25-3/h5-6,8-10,12,22H,4,7,11H2,1-3H3/b23-12+. The van der Waals surface area contributed by atoms with E-state index in [-0.39, 0.29) is 0 Å². The van der Waals surface area contributed by atoms with Crippen LogP contribution in [0.3, 0.4) is 0 Å². The van der Waals surface area contributed by atoms with E-state index in [1.807, 2.05) is 30.3 Å². The largest absolute Gasteiger partial charge is 0.493 e. The second-order valence-electron chi connectivity index (χ2n) is 5.44. The Morgan fingerprint density at radius 3 is 2.35 bits per heavy atom. The van der Waals surface area contributed by atoms with Crippen molar-refractivity contribution in [3.05, 3.63) is 50.4 Å². The summed E-state index contributed by atoms with van der Waals surface area (Å²) in [6.07, 6.45) is 2.72. The number of hydrogen-bond donors (Lipinski definition) is 1. The average molecular weight is 486 g/mol. The van der Waals surface area contributed by atoms with Crippen molar-refractivity contribution < 1.29 is 14.2 Å². The molecule has 0 atom stereocenters. The Morgan fingerprint density at radius 2 is 1.73 bits per heavy atom. The number of nitrogens with one attached hydrogen (secondary N) is 1. The van der Waals surface area contributed by atoms with Crippen LogP contribution in [-0.2, 0) is 6.54 Å². The van der Waals surface area contributed by atoms with Gasteiger partial charge in [-0.3, -0.25) is 0 Å². The van der Waals surface area contributed by atoms with Crippen molar-refractivity contribution in [3.8, 4) is 17.2 Å². The van der Waals surface area contributed by atoms with Gasteiger partial charge < -0.3 is 19.6 Å². The van der Waals surface area contributed by atoms with E-state index in [9.17, 15) is 0 Å². The normalized spacial score (nSPS) is 10.8. The molecule has 7 heteroatoms. The fourth-order valence-corrected chi connectivity index (χ4v) is 3.69. The number of halogens is 2. The van der Waals surface area contributed by atoms with Crippen molar-refractivity contribution in [2.75, 3.05) is 20.8 Å². The predicted octanol–water partition coefficient (Wildman–Crippen LogP) is 5.14. The highest BCUT2D eigenvalue weighted by molar-refractivity contribution is 9.11. The molecule has 0 aromatic heterocycles. The van der Waals surface area contributed by atoms with Gasteiger partial charge in [0.15, 0.2) is 11.5 Å². The lowest BCUT2D eigenvalue weighted by molar-refractivity contribution is 0.313. The molecule has 0 unspecified atom stereocenters. The van der Waals surface area contributed by atoms with Gasteiger partial charge in [-0.25, -0.2) is 0 Å². The summed E-state index contributed by atoms with van der Waals surface area (Å²) < 4.78 is 18.0. The Balaban J connectivity index is 1.98. The molecule has 140 valence electrons. The van der Waals surface area contributed by atoms with Gasteiger partial charge >= 0.3 is 0 Å². The highest BCUT2D eigenvalue weighted by Gasteiger charge is 2.08. The average Bonchev–Trinajstić information content (AvgIpc) is 2.64. The van der Waals surface area contributed by atoms with Crippen LogP contribution in [0.5, 0.6) is 17.2 Å². The van der Waals surface area contributed by atoms with Crippen molar-refractivity contribution in [2.45, 2.75) is 19.9 Å². The molecule has 0 radical (unpaired) electrons. The maximum atomic E-state index is 5.72. The summed E-state index contributed by atoms with van der Waals surface area (Å²) in [7, 11) is 3.24. The fraction of sp³-hybridized carbons (Fsp3) is 0.316. The molecule has 1 N–H and O–H groups in total. The number of methoxy groups -OCH3 is 2. The zero-order valence-electron chi connectivity index (χ0n) is 15.0. The maximum absolute atomic E-state index is 5.72. The van der Waals surface area contributed by atoms with Gasteiger partial charge in [0.05, 0.1) is 42.5 Å². The molecule has 0 aliphatic heterocycles. The molecule has 2 aromatic carbocycles. The van der Waals surface area contributed by atoms with Crippen molar-refractivity contribution >= 4 is 38.1 Å². The predicted molar refractivity (Wildman–Crippen MR) is 112 cm³/mol. The number of rotatable bonds is 9. The summed E-state index contributed by atoms with van der Waals surface area (Å²) in [5.41, 5.74) is 5.04. The van der Waals surface area contributed by atoms with E-state index in [0.717, 1.165) is 32.2 Å². The Morgan fingerprint density at radius 1 is 1.04 bits per heavy atom. The van der Waals surface area contributed by atoms with Gasteiger partial charge in [-0.1, -0.05) is 13.0 Å². The minimum Gasteiger partial charge on any atom is -0.493 e. The zero-order valence-corrected chi connectivity index (χ0v) is 18.2. The fourth-order valence-electron chi connectivity index (χ4n) is 2.24. The first-order chi connectivity index (χ1) is 12.6. The van der Waals surface area contributed by atoms with Gasteiger partial charge in [0, 0.05) is 0 Å². The lowest BCUT2D eigenvalue weighted by Gasteiger charge is -2.10. The second-order valence-corrected chi connectivity index (χ2v) is 7.15. The van der Waals surface area contributed by atoms with Gasteiger partial charge in [-0.15, -0.1) is 0 Å². The van der Waals surface area contributed by atoms with E-state index in [1.54, 1.807) is 20.4 Å². The minimum atomic E-state index is 0.580. The van der Waals surface area contributed by atoms with Crippen LogP contribution in [0.15, 0.2) is 44.4 Å². The quantitative estimate of drug-likeness (QED) is 0.394. The van der Waals surface area contributed by atoms with E-state index >= 15 is 0 Å². The number of nitrogens with zero attached hydrogens (tertiary/aromatic N) is 1. The van der Waals surface area contributed by atoms with Crippen LogP contribution >= 0.6 is 31.9 Å². The summed E-state index contributed by atoms with van der Waals surface area (Å²) in [5.74, 6) is 2.22. The molecule has 5 nitrogen and oxygen atoms in total. The molecule has 0 heterocycles. The smallest absolute Gasteiger partial charge is 0.161 e. The Kier molecular flexibility index (Phi) is 8.25. The van der Waals surface area contributed by atoms with E-state index in [4.69, 9.17) is 14.2 Å². The Hall–Kier alpha value is -1.73. The van der Waals surface area contributed by atoms with Crippen LogP contribution in [0.4, 0.5) is 0 Å². The van der Waals surface area contributed by atoms with E-state index in [0.29, 0.717) is 24.7 Å². The number of hydrazone groups is 1. The summed E-state index contributed by atoms with van der Waals surface area (Å²) in [6.45, 7) is 3.33. The summed E-state index contributed by atoms with van der Waals surface area (Å²) in [6, 6.07) is 9.71. The lowest BCUT2D eigenvalue weighted by atomic mass is 10.2. The van der Waals surface area contributed by atoms with Crippen molar-refractivity contribution in [3.63, 3.8) is 0 Å². The molecule has 0 bridgehead atoms. The van der Waals surface area contributed by atoms with E-state index in [1.165, 1.54) is 0 Å². The molecule has 0 spiro atoms. The highest BCUT2D eigenvalue weighted by Crippen LogP contribution is 2.34. The van der Waals surface area contributed by atoms with Crippen molar-refractivity contribution in [1.82, 2.24) is 5.43 Å². The molecule has 0 fully saturated rings. The minimum absolute atomic E-state index is 0.580. The van der Waals surface area contributed by atoms with Gasteiger partial charge in [0.25, 0.3) is 0 Å². The third-order valence-electron chi connectivity index (χ3n) is 3.51. The monoisotopic (exact) mass is 484 g/mol. The van der Waals surface area contributed by atoms with Crippen molar-refractivity contribution in [2.24, 2.45) is 5.10 Å². The van der Waals surface area contributed by atoms with Gasteiger partial charge in [-0.05, 0) is 73.7 Å². The number of benzene rings is 2. The maximum Gasteiger partial charge on any atom is 0.161 e. The molecule has 0 amide bonds. The lowest BCUT2D eigenvalue weighted by Crippen LogP contribution is -2.06. The second kappa shape index (κ2) is 10.4. The van der Waals surface area contributed by atoms with E-state index in [2.05, 4.69) is 49.3 Å². The summed E-state index contributed by atoms with van der Waals surface area (Å²) >= 11 is 7.08. The van der Waals surface area contributed by atoms with Crippen LogP contribution in [0, 0.1) is 0 Å². The molecule has 26 heavy (non-hydrogen) atoms. The molecular formula is C19H22Br2N2O3. The first-order valence-electron chi connectivity index (χ1n) is 8.17. The topological polar surface area (TPSA) is 52.1 Å². The highest BCUT2D eigenvalue weighted by atomic mass is 79.9. The molecule has 0 aliphatic carbocycles. The van der Waals surface area contributed by atoms with E-state index < -0.39 is 0 Å². The van der Waals surface area contributed by atoms with Crippen LogP contribution in [0.1, 0.15) is 24.5 Å². The molecular weight excluding hydrogens is 464 g/mol. The SMILES string of the molecule is CCCOc1c(Br)cc(/C=N/NCc2ccc(OC)c(OC)c2)cc1Br. The first kappa shape index (κ1) is 20.6. The van der Waals surface area contributed by atoms with Gasteiger partial charge in [-0.2, -0.15) is 5.10 Å². The number of ether oxygens (including phenoxy) is 3. The summed E-state index contributed by atoms with van der Waals surface area (Å²) in [5, 5.41) is 4.28. The van der Waals surface area contributed by atoms with Crippen LogP contribution < -0.4 is 19.6 Å². The third-order valence-corrected chi connectivity index (χ3v) is 4.69. The van der Waals surface area contributed by atoms with Gasteiger partial charge in [0.2, 0.25) is 0 Å². The van der Waals surface area contributed by atoms with Crippen molar-refractivity contribution in [1.29, 1.82) is 0 Å². The van der Waals surface area contributed by atoms with Crippen LogP contribution in [0.25, 0.3) is 0 Å². The third kappa shape index (κ3) is 5.64. The summed E-state index contributed by atoms with van der Waals surface area (Å²) in [4.78, 5) is 0. The van der Waals surface area contributed by atoms with Crippen LogP contribution in [-0.4, -0.2) is 27.0 Å². The molecule has 0 saturated heterocycles. The molecule has 2 rings (SSSR count). The Labute approximate surface area is 171 Å². The first-order valence-corrected chi connectivity index (χ1v) is 9.76. The van der Waals surface area contributed by atoms with Crippen LogP contribution in [0.2, 0.25) is 0 Å².